The Labute approximate surface area is 66.1 Å². The summed E-state index contributed by atoms with van der Waals surface area (Å²) in [6.45, 7) is 4.80. The zero-order valence-electron chi connectivity index (χ0n) is 6.71. The maximum Gasteiger partial charge on any atom is 0.409 e. The number of carbonyl (C=O) groups is 1. The molecule has 1 fully saturated rings. The number of ether oxygens (including phenoxy) is 2. The van der Waals surface area contributed by atoms with E-state index in [0.717, 1.165) is 0 Å². The smallest absolute Gasteiger partial charge is 0.409 e. The molecule has 1 saturated heterocycles. The summed E-state index contributed by atoms with van der Waals surface area (Å²) in [6, 6.07) is 0. The average molecular weight is 159 g/mol. The number of carbonyl (C=O) groups excluding carboxylic acids is 1. The quantitative estimate of drug-likeness (QED) is 0.558. The third-order valence-corrected chi connectivity index (χ3v) is 1.54. The zero-order valence-corrected chi connectivity index (χ0v) is 6.71. The zero-order chi connectivity index (χ0) is 8.10. The van der Waals surface area contributed by atoms with E-state index in [4.69, 9.17) is 9.47 Å². The molecule has 0 radical (unpaired) electrons. The van der Waals surface area contributed by atoms with Crippen molar-refractivity contribution in [3.05, 3.63) is 0 Å². The molecule has 4 heteroatoms. The van der Waals surface area contributed by atoms with Gasteiger partial charge >= 0.3 is 6.09 Å². The molecule has 1 amide bonds. The van der Waals surface area contributed by atoms with Crippen LogP contribution < -0.4 is 0 Å². The van der Waals surface area contributed by atoms with Crippen molar-refractivity contribution in [1.29, 1.82) is 0 Å². The summed E-state index contributed by atoms with van der Waals surface area (Å²) < 4.78 is 9.89. The van der Waals surface area contributed by atoms with Gasteiger partial charge in [0.25, 0.3) is 0 Å². The Morgan fingerprint density at radius 3 is 2.73 bits per heavy atom. The molecule has 1 rings (SSSR count). The molecule has 0 aliphatic carbocycles. The molecule has 0 unspecified atom stereocenters. The van der Waals surface area contributed by atoms with Crippen LogP contribution in [0, 0.1) is 0 Å². The SMILES string of the molecule is CCOC(=O)N1CCOCC1. The molecule has 0 spiro atoms. The van der Waals surface area contributed by atoms with Gasteiger partial charge in [-0.2, -0.15) is 0 Å². The second kappa shape index (κ2) is 4.18. The van der Waals surface area contributed by atoms with E-state index >= 15 is 0 Å². The molecule has 1 aliphatic rings. The highest BCUT2D eigenvalue weighted by Gasteiger charge is 2.16. The molecule has 0 aromatic rings. The fourth-order valence-corrected chi connectivity index (χ4v) is 0.961. The van der Waals surface area contributed by atoms with Crippen molar-refractivity contribution in [3.8, 4) is 0 Å². The Balaban J connectivity index is 2.27. The van der Waals surface area contributed by atoms with E-state index in [9.17, 15) is 4.79 Å². The number of amides is 1. The fourth-order valence-electron chi connectivity index (χ4n) is 0.961. The largest absolute Gasteiger partial charge is 0.450 e. The highest BCUT2D eigenvalue weighted by Crippen LogP contribution is 1.98. The van der Waals surface area contributed by atoms with Gasteiger partial charge in [-0.15, -0.1) is 0 Å². The topological polar surface area (TPSA) is 38.8 Å². The lowest BCUT2D eigenvalue weighted by Gasteiger charge is -2.25. The number of hydrogen-bond acceptors (Lipinski definition) is 3. The Hall–Kier alpha value is -0.770. The van der Waals surface area contributed by atoms with Crippen LogP contribution >= 0.6 is 0 Å². The van der Waals surface area contributed by atoms with Gasteiger partial charge in [0.15, 0.2) is 0 Å². The van der Waals surface area contributed by atoms with Crippen LogP contribution in [-0.4, -0.2) is 43.9 Å². The fraction of sp³-hybridized carbons (Fsp3) is 0.857. The predicted octanol–water partition coefficient (Wildman–Crippen LogP) is 0.475. The molecule has 0 aromatic carbocycles. The van der Waals surface area contributed by atoms with Gasteiger partial charge in [-0.1, -0.05) is 0 Å². The molecule has 0 aromatic heterocycles. The molecular formula is C7H13NO3. The van der Waals surface area contributed by atoms with Crippen molar-refractivity contribution in [2.45, 2.75) is 6.92 Å². The first kappa shape index (κ1) is 8.33. The summed E-state index contributed by atoms with van der Waals surface area (Å²) in [7, 11) is 0. The molecule has 0 bridgehead atoms. The Bertz CT molecular complexity index is 132. The van der Waals surface area contributed by atoms with Crippen molar-refractivity contribution in [2.24, 2.45) is 0 Å². The molecule has 11 heavy (non-hydrogen) atoms. The molecule has 1 heterocycles. The summed E-state index contributed by atoms with van der Waals surface area (Å²) in [4.78, 5) is 12.7. The van der Waals surface area contributed by atoms with Gasteiger partial charge in [0.2, 0.25) is 0 Å². The van der Waals surface area contributed by atoms with Crippen molar-refractivity contribution >= 4 is 6.09 Å². The van der Waals surface area contributed by atoms with Crippen molar-refractivity contribution in [1.82, 2.24) is 4.90 Å². The minimum Gasteiger partial charge on any atom is -0.450 e. The van der Waals surface area contributed by atoms with E-state index in [-0.39, 0.29) is 6.09 Å². The van der Waals surface area contributed by atoms with Crippen LogP contribution in [0.4, 0.5) is 4.79 Å². The van der Waals surface area contributed by atoms with Crippen LogP contribution in [-0.2, 0) is 9.47 Å². The minimum atomic E-state index is -0.226. The molecule has 64 valence electrons. The molecular weight excluding hydrogens is 146 g/mol. The Morgan fingerprint density at radius 1 is 1.55 bits per heavy atom. The van der Waals surface area contributed by atoms with E-state index in [0.29, 0.717) is 32.9 Å². The van der Waals surface area contributed by atoms with E-state index in [1.54, 1.807) is 11.8 Å². The lowest BCUT2D eigenvalue weighted by atomic mass is 10.5. The van der Waals surface area contributed by atoms with Crippen LogP contribution in [0.1, 0.15) is 6.92 Å². The molecule has 1 aliphatic heterocycles. The summed E-state index contributed by atoms with van der Waals surface area (Å²) >= 11 is 0. The first-order valence-corrected chi connectivity index (χ1v) is 3.84. The number of rotatable bonds is 1. The Morgan fingerprint density at radius 2 is 2.18 bits per heavy atom. The maximum absolute atomic E-state index is 11.0. The van der Waals surface area contributed by atoms with E-state index < -0.39 is 0 Å². The average Bonchev–Trinajstić information content (AvgIpc) is 2.07. The van der Waals surface area contributed by atoms with Crippen LogP contribution in [0.3, 0.4) is 0 Å². The van der Waals surface area contributed by atoms with Crippen LogP contribution in [0.15, 0.2) is 0 Å². The van der Waals surface area contributed by atoms with Gasteiger partial charge in [-0.3, -0.25) is 0 Å². The summed E-state index contributed by atoms with van der Waals surface area (Å²) in [5, 5.41) is 0. The van der Waals surface area contributed by atoms with Gasteiger partial charge in [0.05, 0.1) is 19.8 Å². The first-order valence-electron chi connectivity index (χ1n) is 3.84. The normalized spacial score (nSPS) is 18.1. The molecule has 0 saturated carbocycles. The summed E-state index contributed by atoms with van der Waals surface area (Å²) in [5.74, 6) is 0. The number of hydrogen-bond donors (Lipinski definition) is 0. The lowest BCUT2D eigenvalue weighted by Crippen LogP contribution is -2.40. The van der Waals surface area contributed by atoms with E-state index in [1.807, 2.05) is 0 Å². The van der Waals surface area contributed by atoms with Crippen molar-refractivity contribution in [3.63, 3.8) is 0 Å². The maximum atomic E-state index is 11.0. The lowest BCUT2D eigenvalue weighted by molar-refractivity contribution is 0.0286. The molecule has 0 N–H and O–H groups in total. The minimum absolute atomic E-state index is 0.226. The van der Waals surface area contributed by atoms with Gasteiger partial charge in [0.1, 0.15) is 0 Å². The van der Waals surface area contributed by atoms with Crippen LogP contribution in [0.5, 0.6) is 0 Å². The Kier molecular flexibility index (Phi) is 3.16. The summed E-state index contributed by atoms with van der Waals surface area (Å²) in [6.07, 6.45) is -0.226. The third-order valence-electron chi connectivity index (χ3n) is 1.54. The molecule has 0 atom stereocenters. The van der Waals surface area contributed by atoms with Crippen LogP contribution in [0.2, 0.25) is 0 Å². The monoisotopic (exact) mass is 159 g/mol. The number of morpholine rings is 1. The second-order valence-electron chi connectivity index (χ2n) is 2.30. The van der Waals surface area contributed by atoms with Crippen molar-refractivity contribution < 1.29 is 14.3 Å². The summed E-state index contributed by atoms with van der Waals surface area (Å²) in [5.41, 5.74) is 0. The first-order chi connectivity index (χ1) is 5.34. The van der Waals surface area contributed by atoms with E-state index in [2.05, 4.69) is 0 Å². The van der Waals surface area contributed by atoms with Crippen molar-refractivity contribution in [2.75, 3.05) is 32.9 Å². The highest BCUT2D eigenvalue weighted by molar-refractivity contribution is 5.67. The van der Waals surface area contributed by atoms with Crippen LogP contribution in [0.25, 0.3) is 0 Å². The second-order valence-corrected chi connectivity index (χ2v) is 2.30. The van der Waals surface area contributed by atoms with Gasteiger partial charge in [-0.05, 0) is 6.92 Å². The van der Waals surface area contributed by atoms with Gasteiger partial charge < -0.3 is 14.4 Å². The standard InChI is InChI=1S/C7H13NO3/c1-2-11-7(9)8-3-5-10-6-4-8/h2-6H2,1H3. The number of nitrogens with zero attached hydrogens (tertiary/aromatic N) is 1. The van der Waals surface area contributed by atoms with Gasteiger partial charge in [-0.25, -0.2) is 4.79 Å². The molecule has 4 nitrogen and oxygen atoms in total. The predicted molar refractivity (Wildman–Crippen MR) is 39.4 cm³/mol. The van der Waals surface area contributed by atoms with E-state index in [1.165, 1.54) is 0 Å². The van der Waals surface area contributed by atoms with Gasteiger partial charge in [0, 0.05) is 13.1 Å². The third kappa shape index (κ3) is 2.38. The highest BCUT2D eigenvalue weighted by atomic mass is 16.6.